The van der Waals surface area contributed by atoms with Gasteiger partial charge in [0.1, 0.15) is 0 Å². The number of amides is 1. The number of hydrogen-bond acceptors (Lipinski definition) is 7. The molecule has 0 radical (unpaired) electrons. The molecular formula is C44H89N2O7P. The molecule has 0 aromatic heterocycles. The molecule has 0 aromatic carbocycles. The average molecular weight is 789 g/mol. The summed E-state index contributed by atoms with van der Waals surface area (Å²) in [6.45, 7) is 4.05. The second kappa shape index (κ2) is 40.4. The Morgan fingerprint density at radius 2 is 1.00 bits per heavy atom. The van der Waals surface area contributed by atoms with Gasteiger partial charge in [0, 0.05) is 6.54 Å². The Morgan fingerprint density at radius 1 is 0.611 bits per heavy atom. The Labute approximate surface area is 333 Å². The van der Waals surface area contributed by atoms with Gasteiger partial charge < -0.3 is 26.2 Å². The van der Waals surface area contributed by atoms with Crippen LogP contribution in [0.25, 0.3) is 0 Å². The Morgan fingerprint density at radius 3 is 1.43 bits per heavy atom. The van der Waals surface area contributed by atoms with E-state index in [0.717, 1.165) is 44.9 Å². The summed E-state index contributed by atoms with van der Waals surface area (Å²) in [5, 5.41) is 24.2. The van der Waals surface area contributed by atoms with Crippen molar-refractivity contribution in [1.82, 2.24) is 5.32 Å². The molecule has 0 spiro atoms. The summed E-state index contributed by atoms with van der Waals surface area (Å²) in [4.78, 5) is 22.8. The predicted octanol–water partition coefficient (Wildman–Crippen LogP) is 11.8. The van der Waals surface area contributed by atoms with E-state index in [0.29, 0.717) is 12.8 Å². The summed E-state index contributed by atoms with van der Waals surface area (Å²) < 4.78 is 22.1. The van der Waals surface area contributed by atoms with Crippen LogP contribution in [0.4, 0.5) is 0 Å². The van der Waals surface area contributed by atoms with E-state index in [9.17, 15) is 24.5 Å². The number of unbranched alkanes of at least 4 members (excludes halogenated alkanes) is 27. The van der Waals surface area contributed by atoms with Crippen molar-refractivity contribution in [1.29, 1.82) is 0 Å². The quantitative estimate of drug-likeness (QED) is 0.0233. The van der Waals surface area contributed by atoms with E-state index in [-0.39, 0.29) is 26.2 Å². The molecule has 0 saturated heterocycles. The molecule has 10 heteroatoms. The zero-order valence-corrected chi connectivity index (χ0v) is 36.2. The molecule has 1 amide bonds. The molecule has 0 aliphatic heterocycles. The summed E-state index contributed by atoms with van der Waals surface area (Å²) >= 11 is 0. The highest BCUT2D eigenvalue weighted by atomic mass is 31.2. The normalized spacial score (nSPS) is 14.7. The van der Waals surface area contributed by atoms with E-state index in [2.05, 4.69) is 31.3 Å². The van der Waals surface area contributed by atoms with Crippen molar-refractivity contribution in [3.63, 3.8) is 0 Å². The largest absolute Gasteiger partial charge is 0.472 e. The van der Waals surface area contributed by atoms with Crippen molar-refractivity contribution in [2.45, 2.75) is 244 Å². The van der Waals surface area contributed by atoms with Crippen LogP contribution in [0.1, 0.15) is 226 Å². The molecule has 6 N–H and O–H groups in total. The fourth-order valence-electron chi connectivity index (χ4n) is 6.94. The summed E-state index contributed by atoms with van der Waals surface area (Å²) in [5.41, 5.74) is 5.37. The number of phosphoric acid groups is 1. The fourth-order valence-corrected chi connectivity index (χ4v) is 7.70. The number of carbonyl (C=O) groups is 1. The van der Waals surface area contributed by atoms with E-state index < -0.39 is 32.0 Å². The first-order chi connectivity index (χ1) is 26.3. The summed E-state index contributed by atoms with van der Waals surface area (Å²) in [7, 11) is -4.37. The lowest BCUT2D eigenvalue weighted by atomic mass is 10.0. The van der Waals surface area contributed by atoms with Crippen molar-refractivity contribution in [3.05, 3.63) is 12.2 Å². The SMILES string of the molecule is CCCCCCCCCCCCC/C=C\CCCCCCCC(O)CC(=O)NC(COP(=O)(O)OCCN)C(O)CCCCCCCCCCCCCC. The zero-order chi connectivity index (χ0) is 39.8. The van der Waals surface area contributed by atoms with Gasteiger partial charge in [0.25, 0.3) is 0 Å². The van der Waals surface area contributed by atoms with Gasteiger partial charge >= 0.3 is 7.82 Å². The number of nitrogens with two attached hydrogens (primary N) is 1. The lowest BCUT2D eigenvalue weighted by Gasteiger charge is -2.25. The number of allylic oxidation sites excluding steroid dienone is 2. The van der Waals surface area contributed by atoms with Gasteiger partial charge in [-0.15, -0.1) is 0 Å². The van der Waals surface area contributed by atoms with Gasteiger partial charge in [-0.05, 0) is 38.5 Å². The van der Waals surface area contributed by atoms with Crippen LogP contribution in [-0.4, -0.2) is 59.0 Å². The number of nitrogens with one attached hydrogen (secondary N) is 1. The first kappa shape index (κ1) is 53.2. The maximum Gasteiger partial charge on any atom is 0.472 e. The van der Waals surface area contributed by atoms with Gasteiger partial charge in [-0.2, -0.15) is 0 Å². The average Bonchev–Trinajstić information content (AvgIpc) is 3.15. The number of phosphoric ester groups is 1. The van der Waals surface area contributed by atoms with Crippen molar-refractivity contribution in [3.8, 4) is 0 Å². The zero-order valence-electron chi connectivity index (χ0n) is 35.3. The fraction of sp³-hybridized carbons (Fsp3) is 0.932. The van der Waals surface area contributed by atoms with Crippen LogP contribution >= 0.6 is 7.82 Å². The molecule has 54 heavy (non-hydrogen) atoms. The third kappa shape index (κ3) is 38.1. The molecule has 4 unspecified atom stereocenters. The van der Waals surface area contributed by atoms with Crippen LogP contribution in [0, 0.1) is 0 Å². The minimum absolute atomic E-state index is 0.0599. The van der Waals surface area contributed by atoms with Crippen LogP contribution in [-0.2, 0) is 18.4 Å². The van der Waals surface area contributed by atoms with Crippen LogP contribution < -0.4 is 11.1 Å². The van der Waals surface area contributed by atoms with E-state index >= 15 is 0 Å². The van der Waals surface area contributed by atoms with Crippen LogP contribution in [0.2, 0.25) is 0 Å². The van der Waals surface area contributed by atoms with E-state index in [4.69, 9.17) is 14.8 Å². The van der Waals surface area contributed by atoms with E-state index in [1.54, 1.807) is 0 Å². The van der Waals surface area contributed by atoms with E-state index in [1.807, 2.05) is 0 Å². The molecule has 0 aliphatic rings. The number of aliphatic hydroxyl groups is 2. The molecule has 9 nitrogen and oxygen atoms in total. The number of aliphatic hydroxyl groups excluding tert-OH is 2. The number of rotatable bonds is 43. The minimum Gasteiger partial charge on any atom is -0.393 e. The highest BCUT2D eigenvalue weighted by molar-refractivity contribution is 7.47. The third-order valence-electron chi connectivity index (χ3n) is 10.4. The van der Waals surface area contributed by atoms with Crippen molar-refractivity contribution in [2.75, 3.05) is 19.8 Å². The Hall–Kier alpha value is -0.800. The molecule has 0 aromatic rings. The molecular weight excluding hydrogens is 699 g/mol. The number of carbonyl (C=O) groups excluding carboxylic acids is 1. The van der Waals surface area contributed by atoms with Gasteiger partial charge in [-0.1, -0.05) is 193 Å². The van der Waals surface area contributed by atoms with Gasteiger partial charge in [0.2, 0.25) is 5.91 Å². The molecule has 0 bridgehead atoms. The Bertz CT molecular complexity index is 878. The van der Waals surface area contributed by atoms with Crippen LogP contribution in [0.5, 0.6) is 0 Å². The monoisotopic (exact) mass is 789 g/mol. The second-order valence-corrected chi connectivity index (χ2v) is 17.3. The van der Waals surface area contributed by atoms with Gasteiger partial charge in [-0.3, -0.25) is 13.8 Å². The van der Waals surface area contributed by atoms with Crippen molar-refractivity contribution >= 4 is 13.7 Å². The molecule has 0 fully saturated rings. The Kier molecular flexibility index (Phi) is 39.8. The maximum absolute atomic E-state index is 12.8. The van der Waals surface area contributed by atoms with Gasteiger partial charge in [-0.25, -0.2) is 4.57 Å². The molecule has 0 rings (SSSR count). The number of hydrogen-bond donors (Lipinski definition) is 5. The highest BCUT2D eigenvalue weighted by Crippen LogP contribution is 2.43. The smallest absolute Gasteiger partial charge is 0.393 e. The first-order valence-electron chi connectivity index (χ1n) is 22.9. The standard InChI is InChI=1S/C44H89N2O7P/c1-3-5-7-9-11-13-15-17-18-19-20-21-22-23-24-25-27-29-31-33-35-41(47)39-44(49)46-42(40-53-54(50,51)52-38-37-45)43(48)36-34-32-30-28-26-16-14-12-10-8-6-4-2/h22-23,41-43,47-48H,3-21,24-40,45H2,1-2H3,(H,46,49)(H,50,51)/b23-22-. The summed E-state index contributed by atoms with van der Waals surface area (Å²) in [5.74, 6) is -0.416. The van der Waals surface area contributed by atoms with Crippen molar-refractivity contribution in [2.24, 2.45) is 5.73 Å². The lowest BCUT2D eigenvalue weighted by Crippen LogP contribution is -2.47. The van der Waals surface area contributed by atoms with Gasteiger partial charge in [0.05, 0.1) is 37.9 Å². The second-order valence-electron chi connectivity index (χ2n) is 15.8. The first-order valence-corrected chi connectivity index (χ1v) is 24.4. The lowest BCUT2D eigenvalue weighted by molar-refractivity contribution is -0.125. The predicted molar refractivity (Wildman–Crippen MR) is 228 cm³/mol. The summed E-state index contributed by atoms with van der Waals surface area (Å²) in [6.07, 6.45) is 41.2. The Balaban J connectivity index is 4.17. The molecule has 0 heterocycles. The summed E-state index contributed by atoms with van der Waals surface area (Å²) in [6, 6.07) is -0.895. The maximum atomic E-state index is 12.8. The topological polar surface area (TPSA) is 151 Å². The van der Waals surface area contributed by atoms with Crippen LogP contribution in [0.3, 0.4) is 0 Å². The third-order valence-corrected chi connectivity index (χ3v) is 11.4. The molecule has 0 saturated carbocycles. The molecule has 4 atom stereocenters. The molecule has 322 valence electrons. The van der Waals surface area contributed by atoms with E-state index in [1.165, 1.54) is 148 Å². The molecule has 0 aliphatic carbocycles. The van der Waals surface area contributed by atoms with Crippen molar-refractivity contribution < 1.29 is 33.5 Å². The van der Waals surface area contributed by atoms with Gasteiger partial charge in [0.15, 0.2) is 0 Å². The highest BCUT2D eigenvalue weighted by Gasteiger charge is 2.28. The minimum atomic E-state index is -4.37. The van der Waals surface area contributed by atoms with Crippen LogP contribution in [0.15, 0.2) is 12.2 Å².